The molecule has 96 valence electrons. The van der Waals surface area contributed by atoms with E-state index < -0.39 is 0 Å². The molecule has 0 aromatic heterocycles. The summed E-state index contributed by atoms with van der Waals surface area (Å²) in [7, 11) is 0. The summed E-state index contributed by atoms with van der Waals surface area (Å²) < 4.78 is 10.3. The van der Waals surface area contributed by atoms with E-state index in [1.54, 1.807) is 6.92 Å². The standard InChI is InChI=1S/C14H16O4/c1-10-9-12(11-5-3-2-4-6-11)14(16)17-8-7-13(15)18-10/h2-6,10,12H,7-9H2,1H3/t10-,12-/m0/s1. The van der Waals surface area contributed by atoms with E-state index in [1.165, 1.54) is 0 Å². The number of hydrogen-bond acceptors (Lipinski definition) is 4. The molecule has 4 heteroatoms. The van der Waals surface area contributed by atoms with Crippen LogP contribution < -0.4 is 0 Å². The predicted octanol–water partition coefficient (Wildman–Crippen LogP) is 2.04. The fourth-order valence-corrected chi connectivity index (χ4v) is 2.05. The Bertz CT molecular complexity index is 427. The molecule has 2 atom stereocenters. The third-order valence-corrected chi connectivity index (χ3v) is 2.94. The maximum atomic E-state index is 12.0. The summed E-state index contributed by atoms with van der Waals surface area (Å²) in [5, 5.41) is 0. The van der Waals surface area contributed by atoms with Crippen molar-refractivity contribution in [3.05, 3.63) is 35.9 Å². The van der Waals surface area contributed by atoms with Crippen LogP contribution in [0.5, 0.6) is 0 Å². The first-order valence-corrected chi connectivity index (χ1v) is 6.08. The zero-order valence-corrected chi connectivity index (χ0v) is 10.3. The van der Waals surface area contributed by atoms with E-state index in [0.717, 1.165) is 5.56 Å². The smallest absolute Gasteiger partial charge is 0.313 e. The fourth-order valence-electron chi connectivity index (χ4n) is 2.05. The molecule has 0 amide bonds. The molecule has 1 aromatic carbocycles. The first kappa shape index (κ1) is 12.6. The van der Waals surface area contributed by atoms with Gasteiger partial charge in [0.05, 0.1) is 12.3 Å². The molecule has 0 unspecified atom stereocenters. The van der Waals surface area contributed by atoms with Crippen LogP contribution in [0.1, 0.15) is 31.2 Å². The number of cyclic esters (lactones) is 2. The second-order valence-corrected chi connectivity index (χ2v) is 4.42. The minimum absolute atomic E-state index is 0.0910. The number of ether oxygens (including phenoxy) is 2. The summed E-state index contributed by atoms with van der Waals surface area (Å²) in [5.74, 6) is -0.970. The first-order valence-electron chi connectivity index (χ1n) is 6.08. The molecule has 1 aromatic rings. The highest BCUT2D eigenvalue weighted by atomic mass is 16.6. The molecule has 0 spiro atoms. The monoisotopic (exact) mass is 248 g/mol. The van der Waals surface area contributed by atoms with E-state index in [1.807, 2.05) is 30.3 Å². The van der Waals surface area contributed by atoms with Gasteiger partial charge in [-0.25, -0.2) is 0 Å². The number of rotatable bonds is 1. The zero-order valence-electron chi connectivity index (χ0n) is 10.3. The molecule has 1 aliphatic rings. The fraction of sp³-hybridized carbons (Fsp3) is 0.429. The molecule has 4 nitrogen and oxygen atoms in total. The predicted molar refractivity (Wildman–Crippen MR) is 64.9 cm³/mol. The SMILES string of the molecule is C[C@H]1C[C@@H](c2ccccc2)C(=O)OCCC(=O)O1. The quantitative estimate of drug-likeness (QED) is 0.714. The lowest BCUT2D eigenvalue weighted by atomic mass is 9.93. The Hall–Kier alpha value is -1.84. The van der Waals surface area contributed by atoms with Crippen molar-refractivity contribution in [2.24, 2.45) is 0 Å². The summed E-state index contributed by atoms with van der Waals surface area (Å²) in [6.45, 7) is 1.89. The summed E-state index contributed by atoms with van der Waals surface area (Å²) in [6, 6.07) is 9.43. The Morgan fingerprint density at radius 2 is 1.89 bits per heavy atom. The Kier molecular flexibility index (Phi) is 3.97. The molecule has 0 radical (unpaired) electrons. The lowest BCUT2D eigenvalue weighted by Gasteiger charge is -2.18. The van der Waals surface area contributed by atoms with Crippen LogP contribution in [0.25, 0.3) is 0 Å². The van der Waals surface area contributed by atoms with Crippen LogP contribution in [-0.4, -0.2) is 24.6 Å². The molecule has 0 N–H and O–H groups in total. The van der Waals surface area contributed by atoms with E-state index in [2.05, 4.69) is 0 Å². The molecule has 2 rings (SSSR count). The van der Waals surface area contributed by atoms with Gasteiger partial charge in [0.15, 0.2) is 0 Å². The van der Waals surface area contributed by atoms with Crippen LogP contribution in [0.4, 0.5) is 0 Å². The Morgan fingerprint density at radius 1 is 1.17 bits per heavy atom. The van der Waals surface area contributed by atoms with Gasteiger partial charge in [0.25, 0.3) is 0 Å². The van der Waals surface area contributed by atoms with Gasteiger partial charge in [-0.3, -0.25) is 9.59 Å². The van der Waals surface area contributed by atoms with Gasteiger partial charge < -0.3 is 9.47 Å². The van der Waals surface area contributed by atoms with Gasteiger partial charge in [0, 0.05) is 6.42 Å². The van der Waals surface area contributed by atoms with Gasteiger partial charge in [-0.15, -0.1) is 0 Å². The van der Waals surface area contributed by atoms with Gasteiger partial charge >= 0.3 is 11.9 Å². The molecule has 0 bridgehead atoms. The zero-order chi connectivity index (χ0) is 13.0. The van der Waals surface area contributed by atoms with Gasteiger partial charge in [-0.2, -0.15) is 0 Å². The van der Waals surface area contributed by atoms with Crippen LogP contribution in [0.2, 0.25) is 0 Å². The highest BCUT2D eigenvalue weighted by molar-refractivity contribution is 5.79. The minimum Gasteiger partial charge on any atom is -0.465 e. The number of hydrogen-bond donors (Lipinski definition) is 0. The van der Waals surface area contributed by atoms with Crippen LogP contribution in [0.15, 0.2) is 30.3 Å². The van der Waals surface area contributed by atoms with Crippen molar-refractivity contribution in [3.8, 4) is 0 Å². The average molecular weight is 248 g/mol. The number of carbonyl (C=O) groups is 2. The average Bonchev–Trinajstić information content (AvgIpc) is 2.41. The second kappa shape index (κ2) is 5.67. The molecule has 1 heterocycles. The van der Waals surface area contributed by atoms with Crippen molar-refractivity contribution in [1.82, 2.24) is 0 Å². The van der Waals surface area contributed by atoms with Gasteiger partial charge in [0.1, 0.15) is 12.7 Å². The van der Waals surface area contributed by atoms with E-state index >= 15 is 0 Å². The van der Waals surface area contributed by atoms with Crippen molar-refractivity contribution < 1.29 is 19.1 Å². The number of esters is 2. The number of benzene rings is 1. The molecule has 18 heavy (non-hydrogen) atoms. The number of carbonyl (C=O) groups excluding carboxylic acids is 2. The van der Waals surface area contributed by atoms with Crippen molar-refractivity contribution in [2.45, 2.75) is 31.8 Å². The Morgan fingerprint density at radius 3 is 2.61 bits per heavy atom. The van der Waals surface area contributed by atoms with Crippen molar-refractivity contribution in [1.29, 1.82) is 0 Å². The van der Waals surface area contributed by atoms with Crippen molar-refractivity contribution in [2.75, 3.05) is 6.61 Å². The minimum atomic E-state index is -0.368. The van der Waals surface area contributed by atoms with Gasteiger partial charge in [-0.05, 0) is 12.5 Å². The highest BCUT2D eigenvalue weighted by Gasteiger charge is 2.27. The molecule has 0 saturated carbocycles. The van der Waals surface area contributed by atoms with E-state index in [0.29, 0.717) is 6.42 Å². The molecule has 1 aliphatic heterocycles. The first-order chi connectivity index (χ1) is 8.66. The van der Waals surface area contributed by atoms with Crippen LogP contribution in [0, 0.1) is 0 Å². The summed E-state index contributed by atoms with van der Waals surface area (Å²) in [5.41, 5.74) is 0.896. The molecule has 1 saturated heterocycles. The van der Waals surface area contributed by atoms with E-state index in [9.17, 15) is 9.59 Å². The maximum absolute atomic E-state index is 12.0. The van der Waals surface area contributed by atoms with Crippen molar-refractivity contribution in [3.63, 3.8) is 0 Å². The lowest BCUT2D eigenvalue weighted by Crippen LogP contribution is -2.20. The largest absolute Gasteiger partial charge is 0.465 e. The normalized spacial score (nSPS) is 25.4. The second-order valence-electron chi connectivity index (χ2n) is 4.42. The molecule has 1 fully saturated rings. The lowest BCUT2D eigenvalue weighted by molar-refractivity contribution is -0.149. The maximum Gasteiger partial charge on any atom is 0.313 e. The highest BCUT2D eigenvalue weighted by Crippen LogP contribution is 2.25. The van der Waals surface area contributed by atoms with Gasteiger partial charge in [0.2, 0.25) is 0 Å². The van der Waals surface area contributed by atoms with Crippen molar-refractivity contribution >= 4 is 11.9 Å². The molecular weight excluding hydrogens is 232 g/mol. The van der Waals surface area contributed by atoms with Gasteiger partial charge in [-0.1, -0.05) is 30.3 Å². The Labute approximate surface area is 106 Å². The Balaban J connectivity index is 2.20. The molecular formula is C14H16O4. The van der Waals surface area contributed by atoms with Crippen LogP contribution in [-0.2, 0) is 19.1 Å². The van der Waals surface area contributed by atoms with E-state index in [-0.39, 0.29) is 37.0 Å². The molecule has 0 aliphatic carbocycles. The van der Waals surface area contributed by atoms with Crippen LogP contribution >= 0.6 is 0 Å². The summed E-state index contributed by atoms with van der Waals surface area (Å²) in [4.78, 5) is 23.3. The third-order valence-electron chi connectivity index (χ3n) is 2.94. The topological polar surface area (TPSA) is 52.6 Å². The van der Waals surface area contributed by atoms with Crippen LogP contribution in [0.3, 0.4) is 0 Å². The third kappa shape index (κ3) is 3.09. The summed E-state index contributed by atoms with van der Waals surface area (Å²) >= 11 is 0. The van der Waals surface area contributed by atoms with E-state index in [4.69, 9.17) is 9.47 Å². The summed E-state index contributed by atoms with van der Waals surface area (Å²) in [6.07, 6.45) is 0.292.